The Morgan fingerprint density at radius 2 is 2.25 bits per heavy atom. The number of hydrogen-bond acceptors (Lipinski definition) is 8. The number of nitrogens with zero attached hydrogens (tertiary/aromatic N) is 3. The van der Waals surface area contributed by atoms with E-state index in [9.17, 15) is 15.3 Å². The summed E-state index contributed by atoms with van der Waals surface area (Å²) in [5.41, 5.74) is 1.98. The standard InChI is InChI=1S/C19H13ClN4O3S/c1-3-26-19(25)16-10(2)13(8-22)18(28-16)23-9-11(7-21)17-24-14-6-12(20)4-5-15(14)27-17/h4-6,9,23H,3H2,1-2H3/b11-9+. The lowest BCUT2D eigenvalue weighted by Gasteiger charge is -1.98. The second-order valence-corrected chi connectivity index (χ2v) is 6.99. The second kappa shape index (κ2) is 8.13. The number of halogens is 1. The summed E-state index contributed by atoms with van der Waals surface area (Å²) in [5.74, 6) is -0.375. The van der Waals surface area contributed by atoms with Crippen molar-refractivity contribution in [3.05, 3.63) is 51.3 Å². The first-order valence-corrected chi connectivity index (χ1v) is 9.31. The van der Waals surface area contributed by atoms with Crippen LogP contribution in [0.4, 0.5) is 5.00 Å². The van der Waals surface area contributed by atoms with Crippen molar-refractivity contribution in [2.75, 3.05) is 11.9 Å². The topological polar surface area (TPSA) is 112 Å². The normalized spacial score (nSPS) is 11.1. The van der Waals surface area contributed by atoms with Crippen LogP contribution in [0, 0.1) is 29.6 Å². The number of esters is 1. The highest BCUT2D eigenvalue weighted by atomic mass is 35.5. The van der Waals surface area contributed by atoms with E-state index in [4.69, 9.17) is 20.8 Å². The van der Waals surface area contributed by atoms with Crippen molar-refractivity contribution in [1.29, 1.82) is 10.5 Å². The first-order valence-electron chi connectivity index (χ1n) is 8.12. The minimum Gasteiger partial charge on any atom is -0.462 e. The zero-order valence-electron chi connectivity index (χ0n) is 14.9. The number of ether oxygens (including phenoxy) is 1. The number of allylic oxidation sites excluding steroid dienone is 1. The van der Waals surface area contributed by atoms with Gasteiger partial charge in [-0.25, -0.2) is 9.78 Å². The van der Waals surface area contributed by atoms with Gasteiger partial charge in [-0.05, 0) is 37.6 Å². The van der Waals surface area contributed by atoms with Crippen LogP contribution in [0.1, 0.15) is 33.6 Å². The van der Waals surface area contributed by atoms with Crippen molar-refractivity contribution in [3.8, 4) is 12.1 Å². The Morgan fingerprint density at radius 3 is 2.93 bits per heavy atom. The molecule has 3 rings (SSSR count). The summed E-state index contributed by atoms with van der Waals surface area (Å²) >= 11 is 7.02. The highest BCUT2D eigenvalue weighted by Gasteiger charge is 2.21. The van der Waals surface area contributed by atoms with Crippen molar-refractivity contribution in [3.63, 3.8) is 0 Å². The van der Waals surface area contributed by atoms with Gasteiger partial charge in [0, 0.05) is 11.2 Å². The van der Waals surface area contributed by atoms with Gasteiger partial charge in [-0.3, -0.25) is 0 Å². The molecule has 0 aliphatic heterocycles. The summed E-state index contributed by atoms with van der Waals surface area (Å²) in [6.45, 7) is 3.62. The maximum absolute atomic E-state index is 12.0. The van der Waals surface area contributed by atoms with Gasteiger partial charge in [-0.1, -0.05) is 11.6 Å². The molecule has 0 saturated carbocycles. The third-order valence-corrected chi connectivity index (χ3v) is 5.21. The lowest BCUT2D eigenvalue weighted by Crippen LogP contribution is -2.03. The Kier molecular flexibility index (Phi) is 5.65. The molecule has 1 N–H and O–H groups in total. The van der Waals surface area contributed by atoms with E-state index in [1.54, 1.807) is 32.0 Å². The zero-order chi connectivity index (χ0) is 20.3. The summed E-state index contributed by atoms with van der Waals surface area (Å²) in [6.07, 6.45) is 1.38. The van der Waals surface area contributed by atoms with E-state index in [-0.39, 0.29) is 18.1 Å². The largest absolute Gasteiger partial charge is 0.462 e. The van der Waals surface area contributed by atoms with Crippen LogP contribution in [0.3, 0.4) is 0 Å². The summed E-state index contributed by atoms with van der Waals surface area (Å²) in [6, 6.07) is 9.03. The number of benzene rings is 1. The highest BCUT2D eigenvalue weighted by molar-refractivity contribution is 7.18. The van der Waals surface area contributed by atoms with Crippen LogP contribution < -0.4 is 5.32 Å². The van der Waals surface area contributed by atoms with Gasteiger partial charge in [-0.15, -0.1) is 11.3 Å². The molecule has 1 aromatic carbocycles. The molecule has 140 valence electrons. The number of thiophene rings is 1. The molecule has 0 amide bonds. The number of aromatic nitrogens is 1. The average molecular weight is 413 g/mol. The maximum atomic E-state index is 12.0. The van der Waals surface area contributed by atoms with Gasteiger partial charge in [0.05, 0.1) is 12.2 Å². The first kappa shape index (κ1) is 19.4. The fraction of sp³-hybridized carbons (Fsp3) is 0.158. The van der Waals surface area contributed by atoms with Gasteiger partial charge in [0.25, 0.3) is 0 Å². The van der Waals surface area contributed by atoms with Crippen molar-refractivity contribution in [1.82, 2.24) is 4.98 Å². The predicted molar refractivity (Wildman–Crippen MR) is 106 cm³/mol. The Labute approximate surface area is 169 Å². The Hall–Kier alpha value is -3.33. The molecule has 0 aliphatic rings. The van der Waals surface area contributed by atoms with E-state index < -0.39 is 5.97 Å². The molecule has 0 saturated heterocycles. The number of nitrogens with one attached hydrogen (secondary N) is 1. The molecule has 0 spiro atoms. The van der Waals surface area contributed by atoms with Crippen molar-refractivity contribution in [2.45, 2.75) is 13.8 Å². The third kappa shape index (κ3) is 3.70. The quantitative estimate of drug-likeness (QED) is 0.469. The number of carbonyl (C=O) groups excluding carboxylic acids is 1. The van der Waals surface area contributed by atoms with Crippen LogP contribution in [0.2, 0.25) is 5.02 Å². The lowest BCUT2D eigenvalue weighted by molar-refractivity contribution is 0.0531. The molecule has 2 heterocycles. The molecular formula is C19H13ClN4O3S. The number of hydrogen-bond donors (Lipinski definition) is 1. The van der Waals surface area contributed by atoms with Crippen LogP contribution in [0.15, 0.2) is 28.8 Å². The van der Waals surface area contributed by atoms with Crippen LogP contribution in [-0.2, 0) is 4.74 Å². The number of rotatable bonds is 5. The van der Waals surface area contributed by atoms with Gasteiger partial charge < -0.3 is 14.5 Å². The molecule has 0 unspecified atom stereocenters. The van der Waals surface area contributed by atoms with E-state index in [1.165, 1.54) is 6.20 Å². The molecule has 0 atom stereocenters. The summed E-state index contributed by atoms with van der Waals surface area (Å²) < 4.78 is 10.6. The number of carbonyl (C=O) groups is 1. The number of anilines is 1. The fourth-order valence-corrected chi connectivity index (χ4v) is 3.62. The van der Waals surface area contributed by atoms with Crippen molar-refractivity contribution < 1.29 is 13.9 Å². The molecule has 3 aromatic rings. The van der Waals surface area contributed by atoms with Crippen molar-refractivity contribution in [2.24, 2.45) is 0 Å². The monoisotopic (exact) mass is 412 g/mol. The SMILES string of the molecule is CCOC(=O)c1sc(N/C=C(\C#N)c2nc3cc(Cl)ccc3o2)c(C#N)c1C. The molecule has 0 aliphatic carbocycles. The molecule has 2 aromatic heterocycles. The van der Waals surface area contributed by atoms with Crippen LogP contribution in [0.5, 0.6) is 0 Å². The maximum Gasteiger partial charge on any atom is 0.348 e. The number of fused-ring (bicyclic) bond motifs is 1. The van der Waals surface area contributed by atoms with Gasteiger partial charge in [-0.2, -0.15) is 10.5 Å². The van der Waals surface area contributed by atoms with Gasteiger partial charge in [0.15, 0.2) is 5.58 Å². The Balaban J connectivity index is 1.94. The van der Waals surface area contributed by atoms with Crippen molar-refractivity contribution >= 4 is 50.6 Å². The van der Waals surface area contributed by atoms with Gasteiger partial charge >= 0.3 is 5.97 Å². The predicted octanol–water partition coefficient (Wildman–Crippen LogP) is 4.88. The van der Waals surface area contributed by atoms with E-state index in [2.05, 4.69) is 16.4 Å². The average Bonchev–Trinajstić information content (AvgIpc) is 3.22. The lowest BCUT2D eigenvalue weighted by atomic mass is 10.2. The minimum atomic E-state index is -0.491. The molecule has 7 nitrogen and oxygen atoms in total. The summed E-state index contributed by atoms with van der Waals surface area (Å²) in [5, 5.41) is 22.7. The smallest absolute Gasteiger partial charge is 0.348 e. The molecule has 0 bridgehead atoms. The highest BCUT2D eigenvalue weighted by Crippen LogP contribution is 2.33. The molecule has 0 fully saturated rings. The van der Waals surface area contributed by atoms with Gasteiger partial charge in [0.1, 0.15) is 33.1 Å². The molecule has 28 heavy (non-hydrogen) atoms. The number of oxazole rings is 1. The summed E-state index contributed by atoms with van der Waals surface area (Å²) in [7, 11) is 0. The minimum absolute atomic E-state index is 0.115. The Morgan fingerprint density at radius 1 is 1.46 bits per heavy atom. The number of nitriles is 2. The van der Waals surface area contributed by atoms with Crippen LogP contribution in [-0.4, -0.2) is 17.6 Å². The fourth-order valence-electron chi connectivity index (χ4n) is 2.44. The van der Waals surface area contributed by atoms with E-state index in [0.717, 1.165) is 11.3 Å². The van der Waals surface area contributed by atoms with E-state index in [1.807, 2.05) is 6.07 Å². The molecular weight excluding hydrogens is 400 g/mol. The Bertz CT molecular complexity index is 1180. The molecule has 0 radical (unpaired) electrons. The van der Waals surface area contributed by atoms with Crippen LogP contribution in [0.25, 0.3) is 16.7 Å². The first-order chi connectivity index (χ1) is 13.5. The second-order valence-electron chi connectivity index (χ2n) is 5.54. The van der Waals surface area contributed by atoms with E-state index in [0.29, 0.717) is 37.1 Å². The third-order valence-electron chi connectivity index (χ3n) is 3.77. The zero-order valence-corrected chi connectivity index (χ0v) is 16.4. The molecule has 9 heteroatoms. The van der Waals surface area contributed by atoms with Gasteiger partial charge in [0.2, 0.25) is 5.89 Å². The van der Waals surface area contributed by atoms with Crippen LogP contribution >= 0.6 is 22.9 Å². The van der Waals surface area contributed by atoms with E-state index >= 15 is 0 Å². The summed E-state index contributed by atoms with van der Waals surface area (Å²) in [4.78, 5) is 16.6.